The van der Waals surface area contributed by atoms with Gasteiger partial charge < -0.3 is 15.0 Å². The van der Waals surface area contributed by atoms with E-state index in [-0.39, 0.29) is 17.7 Å². The largest absolute Gasteiger partial charge is 0.385 e. The Morgan fingerprint density at radius 1 is 1.35 bits per heavy atom. The van der Waals surface area contributed by atoms with Gasteiger partial charge in [-0.15, -0.1) is 0 Å². The van der Waals surface area contributed by atoms with Crippen molar-refractivity contribution in [1.82, 2.24) is 10.2 Å². The molecule has 1 heterocycles. The smallest absolute Gasteiger partial charge is 0.253 e. The monoisotopic (exact) mass is 382 g/mol. The average molecular weight is 383 g/mol. The van der Waals surface area contributed by atoms with E-state index in [2.05, 4.69) is 21.2 Å². The van der Waals surface area contributed by atoms with E-state index in [1.54, 1.807) is 7.11 Å². The summed E-state index contributed by atoms with van der Waals surface area (Å²) in [5.41, 5.74) is 0.682. The molecule has 0 unspecified atom stereocenters. The zero-order valence-electron chi connectivity index (χ0n) is 13.4. The molecule has 23 heavy (non-hydrogen) atoms. The summed E-state index contributed by atoms with van der Waals surface area (Å²) >= 11 is 3.39. The van der Waals surface area contributed by atoms with Gasteiger partial charge in [0, 0.05) is 49.3 Å². The van der Waals surface area contributed by atoms with Gasteiger partial charge in [-0.05, 0) is 37.5 Å². The zero-order valence-corrected chi connectivity index (χ0v) is 15.0. The fourth-order valence-corrected chi connectivity index (χ4v) is 3.12. The van der Waals surface area contributed by atoms with Crippen LogP contribution < -0.4 is 5.32 Å². The minimum Gasteiger partial charge on any atom is -0.385 e. The Hall–Kier alpha value is -1.40. The third-order valence-corrected chi connectivity index (χ3v) is 4.54. The van der Waals surface area contributed by atoms with Crippen LogP contribution >= 0.6 is 15.9 Å². The second kappa shape index (κ2) is 9.03. The molecule has 0 bridgehead atoms. The molecule has 0 aliphatic carbocycles. The van der Waals surface area contributed by atoms with Crippen molar-refractivity contribution in [2.24, 2.45) is 5.92 Å². The number of hydrogen-bond donors (Lipinski definition) is 1. The molecule has 1 aromatic carbocycles. The Morgan fingerprint density at radius 2 is 2.09 bits per heavy atom. The molecule has 1 aliphatic rings. The van der Waals surface area contributed by atoms with Gasteiger partial charge in [0.15, 0.2) is 0 Å². The lowest BCUT2D eigenvalue weighted by Gasteiger charge is -2.31. The molecule has 1 aliphatic heterocycles. The van der Waals surface area contributed by atoms with Crippen molar-refractivity contribution in [3.05, 3.63) is 34.3 Å². The number of carbonyl (C=O) groups excluding carboxylic acids is 2. The van der Waals surface area contributed by atoms with Crippen LogP contribution in [0.15, 0.2) is 28.7 Å². The third kappa shape index (κ3) is 5.32. The first-order valence-corrected chi connectivity index (χ1v) is 8.72. The van der Waals surface area contributed by atoms with Gasteiger partial charge in [0.05, 0.1) is 0 Å². The molecule has 0 spiro atoms. The Labute approximate surface area is 145 Å². The van der Waals surface area contributed by atoms with Gasteiger partial charge in [-0.3, -0.25) is 9.59 Å². The van der Waals surface area contributed by atoms with Crippen molar-refractivity contribution in [3.63, 3.8) is 0 Å². The number of nitrogens with zero attached hydrogens (tertiary/aromatic N) is 1. The third-order valence-electron chi connectivity index (χ3n) is 4.05. The van der Waals surface area contributed by atoms with Crippen molar-refractivity contribution in [2.45, 2.75) is 19.3 Å². The van der Waals surface area contributed by atoms with Gasteiger partial charge in [-0.2, -0.15) is 0 Å². The fraction of sp³-hybridized carbons (Fsp3) is 0.529. The van der Waals surface area contributed by atoms with E-state index in [0.29, 0.717) is 31.8 Å². The molecule has 1 fully saturated rings. The molecule has 2 amide bonds. The number of piperidine rings is 1. The van der Waals surface area contributed by atoms with Crippen molar-refractivity contribution in [1.29, 1.82) is 0 Å². The van der Waals surface area contributed by atoms with Gasteiger partial charge in [0.25, 0.3) is 5.91 Å². The number of benzene rings is 1. The normalized spacial score (nSPS) is 15.5. The summed E-state index contributed by atoms with van der Waals surface area (Å²) in [6.45, 7) is 2.55. The van der Waals surface area contributed by atoms with Crippen molar-refractivity contribution < 1.29 is 14.3 Å². The lowest BCUT2D eigenvalue weighted by molar-refractivity contribution is -0.126. The van der Waals surface area contributed by atoms with Crippen molar-refractivity contribution in [3.8, 4) is 0 Å². The number of halogens is 1. The topological polar surface area (TPSA) is 58.6 Å². The SMILES string of the molecule is COCCCNC(=O)C1CCN(C(=O)c2cccc(Br)c2)CC1. The highest BCUT2D eigenvalue weighted by Gasteiger charge is 2.27. The van der Waals surface area contributed by atoms with Crippen LogP contribution in [0.25, 0.3) is 0 Å². The van der Waals surface area contributed by atoms with Crippen LogP contribution in [-0.2, 0) is 9.53 Å². The summed E-state index contributed by atoms with van der Waals surface area (Å²) in [6, 6.07) is 7.41. The molecule has 5 nitrogen and oxygen atoms in total. The van der Waals surface area contributed by atoms with E-state index in [9.17, 15) is 9.59 Å². The Bertz CT molecular complexity index is 542. The highest BCUT2D eigenvalue weighted by molar-refractivity contribution is 9.10. The van der Waals surface area contributed by atoms with E-state index in [0.717, 1.165) is 23.7 Å². The van der Waals surface area contributed by atoms with Crippen LogP contribution in [0.1, 0.15) is 29.6 Å². The maximum atomic E-state index is 12.5. The molecule has 1 N–H and O–H groups in total. The van der Waals surface area contributed by atoms with Gasteiger partial charge in [0.2, 0.25) is 5.91 Å². The predicted octanol–water partition coefficient (Wildman–Crippen LogP) is 2.45. The first-order chi connectivity index (χ1) is 11.1. The number of likely N-dealkylation sites (tertiary alicyclic amines) is 1. The fourth-order valence-electron chi connectivity index (χ4n) is 2.72. The van der Waals surface area contributed by atoms with Crippen LogP contribution in [0.3, 0.4) is 0 Å². The summed E-state index contributed by atoms with van der Waals surface area (Å²) in [7, 11) is 1.65. The molecular formula is C17H23BrN2O3. The Balaban J connectivity index is 1.79. The Kier molecular flexibility index (Phi) is 7.05. The zero-order chi connectivity index (χ0) is 16.7. The highest BCUT2D eigenvalue weighted by Crippen LogP contribution is 2.20. The summed E-state index contributed by atoms with van der Waals surface area (Å²) in [6.07, 6.45) is 2.26. The van der Waals surface area contributed by atoms with Gasteiger partial charge in [-0.25, -0.2) is 0 Å². The first-order valence-electron chi connectivity index (χ1n) is 7.93. The van der Waals surface area contributed by atoms with Crippen molar-refractivity contribution >= 4 is 27.7 Å². The number of methoxy groups -OCH3 is 1. The maximum absolute atomic E-state index is 12.5. The molecule has 6 heteroatoms. The molecule has 2 rings (SSSR count). The standard InChI is InChI=1S/C17H23BrN2O3/c1-23-11-3-8-19-16(21)13-6-9-20(10-7-13)17(22)14-4-2-5-15(18)12-14/h2,4-5,12-13H,3,6-11H2,1H3,(H,19,21). The van der Waals surface area contributed by atoms with Gasteiger partial charge in [0.1, 0.15) is 0 Å². The summed E-state index contributed by atoms with van der Waals surface area (Å²) in [4.78, 5) is 26.4. The van der Waals surface area contributed by atoms with Crippen LogP contribution in [0.2, 0.25) is 0 Å². The van der Waals surface area contributed by atoms with E-state index in [1.807, 2.05) is 29.2 Å². The molecule has 0 aromatic heterocycles. The minimum atomic E-state index is 0.00380. The number of carbonyl (C=O) groups is 2. The van der Waals surface area contributed by atoms with Crippen LogP contribution in [0.5, 0.6) is 0 Å². The van der Waals surface area contributed by atoms with Crippen LogP contribution in [0, 0.1) is 5.92 Å². The molecular weight excluding hydrogens is 360 g/mol. The lowest BCUT2D eigenvalue weighted by atomic mass is 9.95. The van der Waals surface area contributed by atoms with E-state index >= 15 is 0 Å². The predicted molar refractivity (Wildman–Crippen MR) is 92.3 cm³/mol. The van der Waals surface area contributed by atoms with Crippen LogP contribution in [0.4, 0.5) is 0 Å². The molecule has 1 saturated heterocycles. The molecule has 1 aromatic rings. The maximum Gasteiger partial charge on any atom is 0.253 e. The van der Waals surface area contributed by atoms with E-state index in [1.165, 1.54) is 0 Å². The van der Waals surface area contributed by atoms with Gasteiger partial charge in [-0.1, -0.05) is 22.0 Å². The number of hydrogen-bond acceptors (Lipinski definition) is 3. The second-order valence-corrected chi connectivity index (χ2v) is 6.63. The lowest BCUT2D eigenvalue weighted by Crippen LogP contribution is -2.43. The number of amides is 2. The molecule has 0 saturated carbocycles. The Morgan fingerprint density at radius 3 is 2.74 bits per heavy atom. The summed E-state index contributed by atoms with van der Waals surface area (Å²) in [5.74, 6) is 0.130. The molecule has 0 radical (unpaired) electrons. The number of ether oxygens (including phenoxy) is 1. The van der Waals surface area contributed by atoms with E-state index < -0.39 is 0 Å². The second-order valence-electron chi connectivity index (χ2n) is 5.71. The first kappa shape index (κ1) is 17.9. The number of rotatable bonds is 6. The van der Waals surface area contributed by atoms with Crippen molar-refractivity contribution in [2.75, 3.05) is 33.4 Å². The van der Waals surface area contributed by atoms with Crippen LogP contribution in [-0.4, -0.2) is 50.1 Å². The molecule has 126 valence electrons. The summed E-state index contributed by atoms with van der Waals surface area (Å²) in [5, 5.41) is 2.94. The molecule has 0 atom stereocenters. The minimum absolute atomic E-state index is 0.00380. The number of nitrogens with one attached hydrogen (secondary N) is 1. The quantitative estimate of drug-likeness (QED) is 0.768. The average Bonchev–Trinajstić information content (AvgIpc) is 2.58. The summed E-state index contributed by atoms with van der Waals surface area (Å²) < 4.78 is 5.86. The van der Waals surface area contributed by atoms with E-state index in [4.69, 9.17) is 4.74 Å². The highest BCUT2D eigenvalue weighted by atomic mass is 79.9. The van der Waals surface area contributed by atoms with Gasteiger partial charge >= 0.3 is 0 Å².